The van der Waals surface area contributed by atoms with Crippen molar-refractivity contribution in [2.45, 2.75) is 20.1 Å². The van der Waals surface area contributed by atoms with Crippen molar-refractivity contribution in [2.75, 3.05) is 0 Å². The number of aliphatic hydroxyl groups is 1. The summed E-state index contributed by atoms with van der Waals surface area (Å²) in [6.45, 7) is 1.85. The van der Waals surface area contributed by atoms with Crippen molar-refractivity contribution in [2.24, 2.45) is 0 Å². The second-order valence-corrected chi connectivity index (χ2v) is 3.85. The number of hydrogen-bond acceptors (Lipinski definition) is 5. The summed E-state index contributed by atoms with van der Waals surface area (Å²) in [7, 11) is 0. The van der Waals surface area contributed by atoms with Crippen LogP contribution in [0.3, 0.4) is 0 Å². The Morgan fingerprint density at radius 3 is 2.88 bits per heavy atom. The van der Waals surface area contributed by atoms with Crippen LogP contribution in [-0.4, -0.2) is 15.2 Å². The van der Waals surface area contributed by atoms with E-state index in [1.807, 2.05) is 0 Å². The van der Waals surface area contributed by atoms with Gasteiger partial charge in [-0.25, -0.2) is 0 Å². The molecule has 1 aromatic heterocycles. The maximum absolute atomic E-state index is 8.93. The highest BCUT2D eigenvalue weighted by molar-refractivity contribution is 6.32. The van der Waals surface area contributed by atoms with E-state index in [1.54, 1.807) is 25.1 Å². The van der Waals surface area contributed by atoms with Crippen LogP contribution in [0, 0.1) is 6.92 Å². The average molecular weight is 255 g/mol. The molecule has 1 aromatic carbocycles. The van der Waals surface area contributed by atoms with Crippen LogP contribution in [0.4, 0.5) is 0 Å². The molecule has 6 heteroatoms. The molecule has 0 unspecified atom stereocenters. The monoisotopic (exact) mass is 254 g/mol. The van der Waals surface area contributed by atoms with Crippen molar-refractivity contribution in [3.05, 3.63) is 40.5 Å². The molecule has 0 aliphatic rings. The molecule has 0 bridgehead atoms. The molecule has 5 nitrogen and oxygen atoms in total. The summed E-state index contributed by atoms with van der Waals surface area (Å²) >= 11 is 5.98. The fourth-order valence-electron chi connectivity index (χ4n) is 1.30. The van der Waals surface area contributed by atoms with E-state index in [2.05, 4.69) is 10.1 Å². The fourth-order valence-corrected chi connectivity index (χ4v) is 1.56. The van der Waals surface area contributed by atoms with Gasteiger partial charge in [-0.3, -0.25) is 0 Å². The highest BCUT2D eigenvalue weighted by atomic mass is 35.5. The molecule has 0 spiro atoms. The van der Waals surface area contributed by atoms with Gasteiger partial charge in [-0.1, -0.05) is 22.8 Å². The van der Waals surface area contributed by atoms with E-state index in [0.29, 0.717) is 22.5 Å². The first-order valence-electron chi connectivity index (χ1n) is 5.00. The molecule has 1 heterocycles. The van der Waals surface area contributed by atoms with Crippen LogP contribution in [0.5, 0.6) is 5.75 Å². The Bertz CT molecular complexity index is 513. The van der Waals surface area contributed by atoms with E-state index < -0.39 is 0 Å². The van der Waals surface area contributed by atoms with Crippen molar-refractivity contribution >= 4 is 11.6 Å². The summed E-state index contributed by atoms with van der Waals surface area (Å²) in [6.07, 6.45) is 0. The van der Waals surface area contributed by atoms with Gasteiger partial charge >= 0.3 is 0 Å². The summed E-state index contributed by atoms with van der Waals surface area (Å²) in [5.41, 5.74) is 0.732. The predicted octanol–water partition coefficient (Wildman–Crippen LogP) is 2.10. The first-order chi connectivity index (χ1) is 8.19. The number of hydrogen-bond donors (Lipinski definition) is 1. The predicted molar refractivity (Wildman–Crippen MR) is 60.7 cm³/mol. The largest absolute Gasteiger partial charge is 0.482 e. The molecule has 90 valence electrons. The summed E-state index contributed by atoms with van der Waals surface area (Å²) in [5, 5.41) is 13.0. The maximum Gasteiger partial charge on any atom is 0.264 e. The Labute approximate surface area is 103 Å². The van der Waals surface area contributed by atoms with Gasteiger partial charge in [0.15, 0.2) is 12.4 Å². The van der Waals surface area contributed by atoms with Gasteiger partial charge in [0.2, 0.25) is 0 Å². The molecule has 0 atom stereocenters. The van der Waals surface area contributed by atoms with E-state index in [-0.39, 0.29) is 13.2 Å². The van der Waals surface area contributed by atoms with E-state index in [1.165, 1.54) is 0 Å². The minimum Gasteiger partial charge on any atom is -0.482 e. The third kappa shape index (κ3) is 2.95. The van der Waals surface area contributed by atoms with E-state index in [9.17, 15) is 0 Å². The van der Waals surface area contributed by atoms with Crippen LogP contribution in [0.1, 0.15) is 17.3 Å². The number of aryl methyl sites for hydroxylation is 1. The van der Waals surface area contributed by atoms with Gasteiger partial charge in [-0.05, 0) is 24.6 Å². The summed E-state index contributed by atoms with van der Waals surface area (Å²) < 4.78 is 10.3. The van der Waals surface area contributed by atoms with E-state index in [0.717, 1.165) is 5.56 Å². The lowest BCUT2D eigenvalue weighted by Gasteiger charge is -2.06. The molecule has 0 amide bonds. The third-order valence-corrected chi connectivity index (χ3v) is 2.40. The summed E-state index contributed by atoms with van der Waals surface area (Å²) in [6, 6.07) is 5.08. The summed E-state index contributed by atoms with van der Waals surface area (Å²) in [4.78, 5) is 4.00. The number of halogens is 1. The van der Waals surface area contributed by atoms with Crippen molar-refractivity contribution in [3.8, 4) is 5.75 Å². The zero-order valence-electron chi connectivity index (χ0n) is 9.18. The first-order valence-corrected chi connectivity index (χ1v) is 5.38. The Hall–Kier alpha value is -1.59. The lowest BCUT2D eigenvalue weighted by molar-refractivity contribution is 0.242. The molecule has 0 saturated heterocycles. The smallest absolute Gasteiger partial charge is 0.264 e. The number of benzene rings is 1. The zero-order valence-corrected chi connectivity index (χ0v) is 9.94. The van der Waals surface area contributed by atoms with E-state index in [4.69, 9.17) is 26.0 Å². The Balaban J connectivity index is 2.04. The molecule has 0 aliphatic heterocycles. The van der Waals surface area contributed by atoms with Crippen LogP contribution in [0.25, 0.3) is 0 Å². The Morgan fingerprint density at radius 1 is 1.47 bits per heavy atom. The molecule has 1 N–H and O–H groups in total. The molecule has 0 radical (unpaired) electrons. The van der Waals surface area contributed by atoms with Gasteiger partial charge in [-0.2, -0.15) is 4.98 Å². The lowest BCUT2D eigenvalue weighted by Crippen LogP contribution is -1.97. The highest BCUT2D eigenvalue weighted by Gasteiger charge is 2.06. The van der Waals surface area contributed by atoms with Crippen LogP contribution < -0.4 is 4.74 Å². The van der Waals surface area contributed by atoms with Gasteiger partial charge in [0, 0.05) is 0 Å². The van der Waals surface area contributed by atoms with Crippen molar-refractivity contribution < 1.29 is 14.4 Å². The topological polar surface area (TPSA) is 68.4 Å². The lowest BCUT2D eigenvalue weighted by atomic mass is 10.2. The van der Waals surface area contributed by atoms with E-state index >= 15 is 0 Å². The number of ether oxygens (including phenoxy) is 1. The Morgan fingerprint density at radius 2 is 2.29 bits per heavy atom. The van der Waals surface area contributed by atoms with Gasteiger partial charge < -0.3 is 14.4 Å². The number of aromatic nitrogens is 2. The van der Waals surface area contributed by atoms with Crippen molar-refractivity contribution in [3.63, 3.8) is 0 Å². The molecule has 0 saturated carbocycles. The molecule has 2 aromatic rings. The average Bonchev–Trinajstić information content (AvgIpc) is 2.73. The maximum atomic E-state index is 8.93. The second kappa shape index (κ2) is 5.16. The quantitative estimate of drug-likeness (QED) is 0.905. The number of nitrogens with zero attached hydrogens (tertiary/aromatic N) is 2. The van der Waals surface area contributed by atoms with Crippen LogP contribution in [-0.2, 0) is 13.2 Å². The van der Waals surface area contributed by atoms with Crippen LogP contribution >= 0.6 is 11.6 Å². The minimum absolute atomic E-state index is 0.0527. The minimum atomic E-state index is -0.0527. The summed E-state index contributed by atoms with van der Waals surface area (Å²) in [5.74, 6) is 1.47. The normalized spacial score (nSPS) is 10.5. The van der Waals surface area contributed by atoms with Gasteiger partial charge in [-0.15, -0.1) is 0 Å². The fraction of sp³-hybridized carbons (Fsp3) is 0.273. The van der Waals surface area contributed by atoms with Crippen LogP contribution in [0.2, 0.25) is 5.02 Å². The van der Waals surface area contributed by atoms with Crippen molar-refractivity contribution in [1.29, 1.82) is 0 Å². The van der Waals surface area contributed by atoms with Crippen molar-refractivity contribution in [1.82, 2.24) is 10.1 Å². The van der Waals surface area contributed by atoms with Crippen LogP contribution in [0.15, 0.2) is 22.7 Å². The van der Waals surface area contributed by atoms with Gasteiger partial charge in [0.05, 0.1) is 11.6 Å². The molecule has 0 fully saturated rings. The molecular formula is C11H11ClN2O3. The standard InChI is InChI=1S/C11H11ClN2O3/c1-7-13-11(17-14-7)6-16-10-3-2-8(5-15)4-9(10)12/h2-4,15H,5-6H2,1H3. The SMILES string of the molecule is Cc1noc(COc2ccc(CO)cc2Cl)n1. The van der Waals surface area contributed by atoms with Gasteiger partial charge in [0.25, 0.3) is 5.89 Å². The van der Waals surface area contributed by atoms with Gasteiger partial charge in [0.1, 0.15) is 5.75 Å². The first kappa shape index (κ1) is 11.9. The third-order valence-electron chi connectivity index (χ3n) is 2.10. The molecule has 0 aliphatic carbocycles. The highest BCUT2D eigenvalue weighted by Crippen LogP contribution is 2.26. The Kier molecular flexibility index (Phi) is 3.61. The number of aliphatic hydroxyl groups excluding tert-OH is 1. The number of rotatable bonds is 4. The second-order valence-electron chi connectivity index (χ2n) is 3.45. The molecular weight excluding hydrogens is 244 g/mol. The molecule has 2 rings (SSSR count). The molecule has 17 heavy (non-hydrogen) atoms. The zero-order chi connectivity index (χ0) is 12.3.